The maximum absolute atomic E-state index is 5.96. The Morgan fingerprint density at radius 2 is 1.59 bits per heavy atom. The van der Waals surface area contributed by atoms with E-state index in [1.807, 2.05) is 0 Å². The average molecular weight is 261 g/mol. The largest absolute Gasteiger partial charge is 0.433 e. The lowest BCUT2D eigenvalue weighted by Gasteiger charge is -2.49. The summed E-state index contributed by atoms with van der Waals surface area (Å²) in [7, 11) is 1.26. The first-order valence-electron chi connectivity index (χ1n) is 6.69. The second kappa shape index (κ2) is 6.88. The summed E-state index contributed by atoms with van der Waals surface area (Å²) < 4.78 is 14.3. The minimum absolute atomic E-state index is 0.0572. The van der Waals surface area contributed by atoms with E-state index in [-0.39, 0.29) is 5.04 Å². The number of rotatable bonds is 8. The molecule has 0 saturated heterocycles. The van der Waals surface area contributed by atoms with E-state index >= 15 is 0 Å². The molecule has 0 heterocycles. The zero-order chi connectivity index (χ0) is 13.7. The van der Waals surface area contributed by atoms with Gasteiger partial charge in [0.05, 0.1) is 0 Å². The SMILES string of the molecule is CCCN(CC)[Si](OC)(OC)C(C)(C)C(C)C. The molecule has 0 aromatic heterocycles. The summed E-state index contributed by atoms with van der Waals surface area (Å²) in [5.41, 5.74) is 0. The monoisotopic (exact) mass is 261 g/mol. The van der Waals surface area contributed by atoms with Gasteiger partial charge in [-0.1, -0.05) is 41.5 Å². The van der Waals surface area contributed by atoms with Crippen molar-refractivity contribution < 1.29 is 8.85 Å². The number of nitrogens with zero attached hydrogens (tertiary/aromatic N) is 1. The Morgan fingerprint density at radius 1 is 1.12 bits per heavy atom. The zero-order valence-corrected chi connectivity index (χ0v) is 14.0. The van der Waals surface area contributed by atoms with E-state index in [1.165, 1.54) is 0 Å². The molecular weight excluding hydrogens is 230 g/mol. The standard InChI is InChI=1S/C13H31NO2Si/c1-9-11-14(10-2)17(15-7,16-8)13(5,6)12(3)4/h12H,9-11H2,1-8H3. The molecule has 104 valence electrons. The third-order valence-electron chi connectivity index (χ3n) is 4.10. The van der Waals surface area contributed by atoms with Crippen molar-refractivity contribution in [3.63, 3.8) is 0 Å². The lowest BCUT2D eigenvalue weighted by Crippen LogP contribution is -2.65. The minimum atomic E-state index is -2.35. The predicted octanol–water partition coefficient (Wildman–Crippen LogP) is 3.39. The van der Waals surface area contributed by atoms with Gasteiger partial charge >= 0.3 is 8.72 Å². The fourth-order valence-electron chi connectivity index (χ4n) is 2.42. The van der Waals surface area contributed by atoms with Crippen LogP contribution >= 0.6 is 0 Å². The van der Waals surface area contributed by atoms with E-state index in [0.29, 0.717) is 5.92 Å². The maximum Gasteiger partial charge on any atom is 0.433 e. The van der Waals surface area contributed by atoms with Gasteiger partial charge in [0, 0.05) is 19.3 Å². The second-order valence-corrected chi connectivity index (χ2v) is 9.35. The summed E-state index contributed by atoms with van der Waals surface area (Å²) in [5.74, 6) is 0.528. The molecule has 0 unspecified atom stereocenters. The molecule has 4 heteroatoms. The van der Waals surface area contributed by atoms with Crippen LogP contribution in [0.3, 0.4) is 0 Å². The third-order valence-corrected chi connectivity index (χ3v) is 8.79. The van der Waals surface area contributed by atoms with Gasteiger partial charge in [0.1, 0.15) is 0 Å². The highest BCUT2D eigenvalue weighted by molar-refractivity contribution is 6.67. The van der Waals surface area contributed by atoms with Gasteiger partial charge in [0.2, 0.25) is 0 Å². The van der Waals surface area contributed by atoms with Crippen molar-refractivity contribution in [2.45, 2.75) is 53.0 Å². The van der Waals surface area contributed by atoms with Crippen LogP contribution in [0.5, 0.6) is 0 Å². The molecule has 0 rings (SSSR count). The molecule has 0 aliphatic rings. The molecule has 0 atom stereocenters. The van der Waals surface area contributed by atoms with Crippen LogP contribution in [0, 0.1) is 5.92 Å². The molecule has 0 radical (unpaired) electrons. The van der Waals surface area contributed by atoms with E-state index in [4.69, 9.17) is 8.85 Å². The van der Waals surface area contributed by atoms with Crippen LogP contribution in [0.1, 0.15) is 48.0 Å². The van der Waals surface area contributed by atoms with Gasteiger partial charge in [-0.05, 0) is 25.4 Å². The Morgan fingerprint density at radius 3 is 1.82 bits per heavy atom. The number of hydrogen-bond acceptors (Lipinski definition) is 3. The lowest BCUT2D eigenvalue weighted by atomic mass is 9.99. The summed E-state index contributed by atoms with van der Waals surface area (Å²) in [6.45, 7) is 15.5. The molecule has 0 aliphatic carbocycles. The first-order chi connectivity index (χ1) is 7.83. The van der Waals surface area contributed by atoms with E-state index in [2.05, 4.69) is 46.1 Å². The lowest BCUT2D eigenvalue weighted by molar-refractivity contribution is 0.122. The Kier molecular flexibility index (Phi) is 6.92. The highest BCUT2D eigenvalue weighted by atomic mass is 28.4. The highest BCUT2D eigenvalue weighted by Crippen LogP contribution is 2.46. The summed E-state index contributed by atoms with van der Waals surface area (Å²) >= 11 is 0. The Labute approximate surface area is 109 Å². The minimum Gasteiger partial charge on any atom is -0.386 e. The Bertz CT molecular complexity index is 215. The van der Waals surface area contributed by atoms with Crippen LogP contribution in [-0.4, -0.2) is 40.6 Å². The topological polar surface area (TPSA) is 21.7 Å². The van der Waals surface area contributed by atoms with Gasteiger partial charge in [-0.25, -0.2) is 0 Å². The van der Waals surface area contributed by atoms with Crippen LogP contribution in [0.25, 0.3) is 0 Å². The van der Waals surface area contributed by atoms with Crippen molar-refractivity contribution in [2.75, 3.05) is 27.3 Å². The van der Waals surface area contributed by atoms with Gasteiger partial charge in [-0.3, -0.25) is 4.57 Å². The zero-order valence-electron chi connectivity index (χ0n) is 13.0. The summed E-state index contributed by atoms with van der Waals surface area (Å²) in [5, 5.41) is 0.0572. The fourth-order valence-corrected chi connectivity index (χ4v) is 6.64. The Hall–Kier alpha value is 0.0969. The van der Waals surface area contributed by atoms with Gasteiger partial charge in [-0.15, -0.1) is 0 Å². The molecule has 0 amide bonds. The van der Waals surface area contributed by atoms with Gasteiger partial charge < -0.3 is 8.85 Å². The summed E-state index contributed by atoms with van der Waals surface area (Å²) in [6, 6.07) is 0. The molecule has 0 aromatic carbocycles. The Balaban J connectivity index is 5.40. The molecule has 0 aliphatic heterocycles. The molecule has 3 nitrogen and oxygen atoms in total. The maximum atomic E-state index is 5.96. The third kappa shape index (κ3) is 3.11. The van der Waals surface area contributed by atoms with Crippen LogP contribution < -0.4 is 0 Å². The van der Waals surface area contributed by atoms with E-state index < -0.39 is 8.72 Å². The normalized spacial score (nSPS) is 13.8. The van der Waals surface area contributed by atoms with Crippen molar-refractivity contribution in [3.05, 3.63) is 0 Å². The van der Waals surface area contributed by atoms with Gasteiger partial charge in [0.15, 0.2) is 0 Å². The van der Waals surface area contributed by atoms with Gasteiger partial charge in [0.25, 0.3) is 0 Å². The number of hydrogen-bond donors (Lipinski definition) is 0. The molecule has 0 aromatic rings. The smallest absolute Gasteiger partial charge is 0.386 e. The summed E-state index contributed by atoms with van der Waals surface area (Å²) in [6.07, 6.45) is 1.13. The predicted molar refractivity (Wildman–Crippen MR) is 76.2 cm³/mol. The van der Waals surface area contributed by atoms with Gasteiger partial charge in [-0.2, -0.15) is 0 Å². The van der Waals surface area contributed by atoms with Crippen LogP contribution in [-0.2, 0) is 8.85 Å². The molecule has 0 fully saturated rings. The van der Waals surface area contributed by atoms with E-state index in [1.54, 1.807) is 14.2 Å². The molecule has 0 N–H and O–H groups in total. The molecule has 0 spiro atoms. The van der Waals surface area contributed by atoms with Crippen molar-refractivity contribution in [1.82, 2.24) is 4.57 Å². The molecule has 0 bridgehead atoms. The van der Waals surface area contributed by atoms with Crippen molar-refractivity contribution in [3.8, 4) is 0 Å². The molecule has 0 saturated carbocycles. The molecule has 17 heavy (non-hydrogen) atoms. The second-order valence-electron chi connectivity index (χ2n) is 5.45. The average Bonchev–Trinajstić information content (AvgIpc) is 2.29. The van der Waals surface area contributed by atoms with Crippen LogP contribution in [0.4, 0.5) is 0 Å². The van der Waals surface area contributed by atoms with Crippen molar-refractivity contribution in [1.29, 1.82) is 0 Å². The first-order valence-corrected chi connectivity index (χ1v) is 8.45. The first kappa shape index (κ1) is 17.1. The summed E-state index contributed by atoms with van der Waals surface area (Å²) in [4.78, 5) is 0. The van der Waals surface area contributed by atoms with Crippen LogP contribution in [0.2, 0.25) is 5.04 Å². The molecular formula is C13H31NO2Si. The van der Waals surface area contributed by atoms with E-state index in [0.717, 1.165) is 19.5 Å². The fraction of sp³-hybridized carbons (Fsp3) is 1.00. The van der Waals surface area contributed by atoms with Crippen molar-refractivity contribution in [2.24, 2.45) is 5.92 Å². The van der Waals surface area contributed by atoms with Crippen molar-refractivity contribution >= 4 is 8.72 Å². The highest BCUT2D eigenvalue weighted by Gasteiger charge is 2.57. The van der Waals surface area contributed by atoms with Crippen LogP contribution in [0.15, 0.2) is 0 Å². The quantitative estimate of drug-likeness (QED) is 0.625. The van der Waals surface area contributed by atoms with E-state index in [9.17, 15) is 0 Å².